The van der Waals surface area contributed by atoms with Gasteiger partial charge < -0.3 is 4.43 Å². The van der Waals surface area contributed by atoms with Gasteiger partial charge in [-0.25, -0.2) is 0 Å². The average Bonchev–Trinajstić information content (AvgIpc) is 2.51. The lowest BCUT2D eigenvalue weighted by molar-refractivity contribution is 0.114. The second kappa shape index (κ2) is 14.4. The Bertz CT molecular complexity index is 238. The van der Waals surface area contributed by atoms with Crippen LogP contribution in [0, 0.1) is 0 Å². The van der Waals surface area contributed by atoms with Crippen molar-refractivity contribution < 1.29 is 4.43 Å². The molecule has 0 amide bonds. The van der Waals surface area contributed by atoms with Gasteiger partial charge in [0.15, 0.2) is 8.32 Å². The normalized spacial score (nSPS) is 12.8. The molecule has 0 aliphatic heterocycles. The maximum atomic E-state index is 6.90. The summed E-state index contributed by atoms with van der Waals surface area (Å²) < 4.78 is 6.90. The van der Waals surface area contributed by atoms with Gasteiger partial charge in [0.2, 0.25) is 0 Å². The standard InChI is InChI=1S/C22H48OSi/c1-7-10-13-16-19-24(23-22(4,5)6,20-17-14-11-8-2)21-18-15-12-9-3/h7-21H2,1-6H3. The predicted molar refractivity (Wildman–Crippen MR) is 113 cm³/mol. The van der Waals surface area contributed by atoms with Crippen LogP contribution in [0.4, 0.5) is 0 Å². The zero-order valence-corrected chi connectivity index (χ0v) is 19.0. The van der Waals surface area contributed by atoms with Gasteiger partial charge in [-0.1, -0.05) is 97.8 Å². The fourth-order valence-corrected chi connectivity index (χ4v) is 8.84. The van der Waals surface area contributed by atoms with E-state index in [1.165, 1.54) is 95.2 Å². The van der Waals surface area contributed by atoms with Gasteiger partial charge in [-0.3, -0.25) is 0 Å². The second-order valence-corrected chi connectivity index (χ2v) is 12.9. The van der Waals surface area contributed by atoms with E-state index < -0.39 is 8.32 Å². The molecule has 0 aromatic heterocycles. The first-order chi connectivity index (χ1) is 11.4. The number of hydrogen-bond donors (Lipinski definition) is 0. The fourth-order valence-electron chi connectivity index (χ4n) is 3.80. The Morgan fingerprint density at radius 2 is 0.875 bits per heavy atom. The van der Waals surface area contributed by atoms with E-state index in [2.05, 4.69) is 41.5 Å². The molecule has 146 valence electrons. The fraction of sp³-hybridized carbons (Fsp3) is 1.00. The van der Waals surface area contributed by atoms with Crippen LogP contribution in [0.25, 0.3) is 0 Å². The molecule has 0 atom stereocenters. The Morgan fingerprint density at radius 3 is 1.12 bits per heavy atom. The largest absolute Gasteiger partial charge is 0.412 e. The molecule has 0 bridgehead atoms. The van der Waals surface area contributed by atoms with Gasteiger partial charge >= 0.3 is 0 Å². The average molecular weight is 357 g/mol. The molecule has 0 unspecified atom stereocenters. The minimum absolute atomic E-state index is 0.0342. The van der Waals surface area contributed by atoms with Crippen molar-refractivity contribution in [1.29, 1.82) is 0 Å². The highest BCUT2D eigenvalue weighted by Gasteiger charge is 2.37. The Kier molecular flexibility index (Phi) is 14.5. The molecule has 0 aliphatic rings. The van der Waals surface area contributed by atoms with E-state index in [4.69, 9.17) is 4.43 Å². The third-order valence-corrected chi connectivity index (χ3v) is 9.82. The summed E-state index contributed by atoms with van der Waals surface area (Å²) in [7, 11) is -1.58. The number of rotatable bonds is 16. The third-order valence-electron chi connectivity index (χ3n) is 4.98. The molecule has 24 heavy (non-hydrogen) atoms. The smallest absolute Gasteiger partial charge is 0.193 e. The van der Waals surface area contributed by atoms with Crippen molar-refractivity contribution in [3.63, 3.8) is 0 Å². The van der Waals surface area contributed by atoms with Crippen molar-refractivity contribution in [2.24, 2.45) is 0 Å². The van der Waals surface area contributed by atoms with Crippen molar-refractivity contribution >= 4 is 8.32 Å². The predicted octanol–water partition coefficient (Wildman–Crippen LogP) is 8.49. The molecular formula is C22H48OSi. The first-order valence-electron chi connectivity index (χ1n) is 11.1. The molecule has 0 saturated heterocycles. The van der Waals surface area contributed by atoms with Crippen molar-refractivity contribution in [3.05, 3.63) is 0 Å². The van der Waals surface area contributed by atoms with Gasteiger partial charge in [-0.15, -0.1) is 0 Å². The Balaban J connectivity index is 4.78. The summed E-state index contributed by atoms with van der Waals surface area (Å²) in [5.41, 5.74) is 0.0342. The highest BCUT2D eigenvalue weighted by Crippen LogP contribution is 2.34. The molecule has 0 heterocycles. The molecule has 0 rings (SSSR count). The summed E-state index contributed by atoms with van der Waals surface area (Å²) >= 11 is 0. The topological polar surface area (TPSA) is 9.23 Å². The Morgan fingerprint density at radius 1 is 0.542 bits per heavy atom. The zero-order chi connectivity index (χ0) is 18.3. The quantitative estimate of drug-likeness (QED) is 0.199. The number of unbranched alkanes of at least 4 members (excludes halogenated alkanes) is 9. The van der Waals surface area contributed by atoms with E-state index >= 15 is 0 Å². The molecular weight excluding hydrogens is 308 g/mol. The van der Waals surface area contributed by atoms with Crippen molar-refractivity contribution in [1.82, 2.24) is 0 Å². The molecule has 0 aromatic carbocycles. The lowest BCUT2D eigenvalue weighted by atomic mass is 10.2. The molecule has 2 heteroatoms. The van der Waals surface area contributed by atoms with Gasteiger partial charge in [-0.05, 0) is 38.9 Å². The summed E-state index contributed by atoms with van der Waals surface area (Å²) in [4.78, 5) is 0. The van der Waals surface area contributed by atoms with Crippen LogP contribution >= 0.6 is 0 Å². The van der Waals surface area contributed by atoms with Crippen LogP contribution in [0.1, 0.15) is 119 Å². The van der Waals surface area contributed by atoms with Crippen molar-refractivity contribution in [3.8, 4) is 0 Å². The molecule has 0 radical (unpaired) electrons. The van der Waals surface area contributed by atoms with E-state index in [0.717, 1.165) is 0 Å². The first kappa shape index (κ1) is 24.2. The van der Waals surface area contributed by atoms with Crippen molar-refractivity contribution in [2.45, 2.75) is 142 Å². The maximum absolute atomic E-state index is 6.90. The molecule has 1 nitrogen and oxygen atoms in total. The van der Waals surface area contributed by atoms with Gasteiger partial charge in [0.05, 0.1) is 0 Å². The molecule has 0 spiro atoms. The van der Waals surface area contributed by atoms with Crippen LogP contribution in [0.2, 0.25) is 18.1 Å². The lowest BCUT2D eigenvalue weighted by Crippen LogP contribution is -2.44. The Hall–Kier alpha value is 0.177. The van der Waals surface area contributed by atoms with E-state index in [1.807, 2.05) is 0 Å². The van der Waals surface area contributed by atoms with Crippen molar-refractivity contribution in [2.75, 3.05) is 0 Å². The van der Waals surface area contributed by atoms with Crippen LogP contribution in [0.15, 0.2) is 0 Å². The SMILES string of the molecule is CCCCCC[Si](CCCCCC)(CCCCCC)OC(C)(C)C. The van der Waals surface area contributed by atoms with Crippen LogP contribution in [-0.4, -0.2) is 13.9 Å². The van der Waals surface area contributed by atoms with E-state index in [1.54, 1.807) is 0 Å². The van der Waals surface area contributed by atoms with Gasteiger partial charge in [0.1, 0.15) is 0 Å². The Labute approximate surface area is 155 Å². The summed E-state index contributed by atoms with van der Waals surface area (Å²) in [5.74, 6) is 0. The summed E-state index contributed by atoms with van der Waals surface area (Å²) in [6.45, 7) is 13.8. The molecule has 0 saturated carbocycles. The van der Waals surface area contributed by atoms with Crippen LogP contribution < -0.4 is 0 Å². The monoisotopic (exact) mass is 356 g/mol. The second-order valence-electron chi connectivity index (χ2n) is 8.83. The summed E-state index contributed by atoms with van der Waals surface area (Å²) in [6.07, 6.45) is 16.6. The van der Waals surface area contributed by atoms with Gasteiger partial charge in [0.25, 0.3) is 0 Å². The lowest BCUT2D eigenvalue weighted by Gasteiger charge is -2.38. The minimum Gasteiger partial charge on any atom is -0.412 e. The molecule has 0 aromatic rings. The van der Waals surface area contributed by atoms with Gasteiger partial charge in [0, 0.05) is 5.60 Å². The van der Waals surface area contributed by atoms with Crippen LogP contribution in [-0.2, 0) is 4.43 Å². The molecule has 0 aliphatic carbocycles. The van der Waals surface area contributed by atoms with Crippen LogP contribution in [0.3, 0.4) is 0 Å². The van der Waals surface area contributed by atoms with Gasteiger partial charge in [-0.2, -0.15) is 0 Å². The van der Waals surface area contributed by atoms with E-state index in [-0.39, 0.29) is 5.60 Å². The summed E-state index contributed by atoms with van der Waals surface area (Å²) in [5, 5.41) is 0. The molecule has 0 fully saturated rings. The zero-order valence-electron chi connectivity index (χ0n) is 18.0. The highest BCUT2D eigenvalue weighted by atomic mass is 28.4. The minimum atomic E-state index is -1.58. The third kappa shape index (κ3) is 13.5. The van der Waals surface area contributed by atoms with E-state index in [9.17, 15) is 0 Å². The molecule has 0 N–H and O–H groups in total. The first-order valence-corrected chi connectivity index (χ1v) is 13.6. The van der Waals surface area contributed by atoms with E-state index in [0.29, 0.717) is 0 Å². The summed E-state index contributed by atoms with van der Waals surface area (Å²) in [6, 6.07) is 4.22. The van der Waals surface area contributed by atoms with Crippen LogP contribution in [0.5, 0.6) is 0 Å². The number of hydrogen-bond acceptors (Lipinski definition) is 1. The highest BCUT2D eigenvalue weighted by molar-refractivity contribution is 6.73. The maximum Gasteiger partial charge on any atom is 0.193 e.